The Morgan fingerprint density at radius 3 is 2.62 bits per heavy atom. The molecule has 0 aliphatic rings. The normalized spacial score (nSPS) is 10.7. The van der Waals surface area contributed by atoms with Crippen molar-refractivity contribution < 1.29 is 4.74 Å². The van der Waals surface area contributed by atoms with Gasteiger partial charge in [0.05, 0.1) is 6.61 Å². The average Bonchev–Trinajstić information content (AvgIpc) is 3.10. The van der Waals surface area contributed by atoms with Gasteiger partial charge in [-0.15, -0.1) is 5.10 Å². The third kappa shape index (κ3) is 3.50. The Bertz CT molecular complexity index is 888. The Hall–Kier alpha value is -3.39. The van der Waals surface area contributed by atoms with Crippen molar-refractivity contribution in [1.29, 1.82) is 5.26 Å². The number of aromatic amines is 1. The van der Waals surface area contributed by atoms with Crippen LogP contribution in [0.1, 0.15) is 23.7 Å². The number of rotatable bonds is 5. The molecule has 2 aromatic carbocycles. The summed E-state index contributed by atoms with van der Waals surface area (Å²) in [6.45, 7) is 2.63. The largest absolute Gasteiger partial charge is 0.494 e. The van der Waals surface area contributed by atoms with Gasteiger partial charge in [-0.05, 0) is 36.2 Å². The first kappa shape index (κ1) is 15.5. The highest BCUT2D eigenvalue weighted by Gasteiger charge is 2.09. The summed E-state index contributed by atoms with van der Waals surface area (Å²) in [7, 11) is 0. The highest BCUT2D eigenvalue weighted by molar-refractivity contribution is 5.74. The highest BCUT2D eigenvalue weighted by Crippen LogP contribution is 2.21. The Balaban J connectivity index is 1.81. The lowest BCUT2D eigenvalue weighted by molar-refractivity contribution is 0.340. The quantitative estimate of drug-likeness (QED) is 0.724. The standard InChI is InChI=1S/C19H16N4O/c1-2-24-17-10-8-14(9-11-17)6-7-15-4-3-5-16(12-15)19-18(13-20)21-23-22-19/h3-12H,2H2,1H3,(H,21,22,23). The van der Waals surface area contributed by atoms with Crippen molar-refractivity contribution in [3.8, 4) is 23.1 Å². The molecule has 0 aliphatic carbocycles. The molecule has 0 saturated carbocycles. The molecule has 0 spiro atoms. The fraction of sp³-hybridized carbons (Fsp3) is 0.105. The molecule has 24 heavy (non-hydrogen) atoms. The van der Waals surface area contributed by atoms with E-state index >= 15 is 0 Å². The maximum Gasteiger partial charge on any atom is 0.190 e. The molecule has 0 unspecified atom stereocenters. The Kier molecular flexibility index (Phi) is 4.68. The summed E-state index contributed by atoms with van der Waals surface area (Å²) in [5, 5.41) is 19.4. The van der Waals surface area contributed by atoms with E-state index in [1.165, 1.54) is 0 Å². The molecule has 0 atom stereocenters. The molecule has 0 fully saturated rings. The van der Waals surface area contributed by atoms with E-state index in [4.69, 9.17) is 10.00 Å². The Morgan fingerprint density at radius 1 is 1.08 bits per heavy atom. The van der Waals surface area contributed by atoms with Crippen LogP contribution in [0.5, 0.6) is 5.75 Å². The van der Waals surface area contributed by atoms with Gasteiger partial charge in [-0.1, -0.05) is 42.5 Å². The van der Waals surface area contributed by atoms with Crippen molar-refractivity contribution >= 4 is 12.2 Å². The van der Waals surface area contributed by atoms with Gasteiger partial charge in [0.1, 0.15) is 17.5 Å². The second-order valence-electron chi connectivity index (χ2n) is 5.09. The first-order valence-electron chi connectivity index (χ1n) is 7.62. The van der Waals surface area contributed by atoms with Crippen LogP contribution in [0, 0.1) is 11.3 Å². The van der Waals surface area contributed by atoms with Crippen LogP contribution in [-0.2, 0) is 0 Å². The van der Waals surface area contributed by atoms with Gasteiger partial charge in [0.25, 0.3) is 0 Å². The second-order valence-corrected chi connectivity index (χ2v) is 5.09. The van der Waals surface area contributed by atoms with E-state index in [0.29, 0.717) is 18.0 Å². The highest BCUT2D eigenvalue weighted by atomic mass is 16.5. The van der Waals surface area contributed by atoms with Crippen LogP contribution < -0.4 is 4.74 Å². The number of ether oxygens (including phenoxy) is 1. The molecule has 0 saturated heterocycles. The predicted octanol–water partition coefficient (Wildman–Crippen LogP) is 3.91. The maximum atomic E-state index is 9.05. The summed E-state index contributed by atoms with van der Waals surface area (Å²) in [6, 6.07) is 17.8. The van der Waals surface area contributed by atoms with Crippen molar-refractivity contribution in [3.63, 3.8) is 0 Å². The molecule has 5 nitrogen and oxygen atoms in total. The van der Waals surface area contributed by atoms with Crippen molar-refractivity contribution in [3.05, 3.63) is 65.4 Å². The van der Waals surface area contributed by atoms with E-state index in [1.54, 1.807) is 0 Å². The van der Waals surface area contributed by atoms with E-state index in [0.717, 1.165) is 22.4 Å². The zero-order chi connectivity index (χ0) is 16.8. The lowest BCUT2D eigenvalue weighted by Gasteiger charge is -2.02. The summed E-state index contributed by atoms with van der Waals surface area (Å²) in [5.74, 6) is 0.867. The summed E-state index contributed by atoms with van der Waals surface area (Å²) in [6.07, 6.45) is 4.05. The van der Waals surface area contributed by atoms with Crippen LogP contribution in [0.15, 0.2) is 48.5 Å². The molecule has 0 radical (unpaired) electrons. The van der Waals surface area contributed by atoms with Crippen LogP contribution in [0.25, 0.3) is 23.4 Å². The summed E-state index contributed by atoms with van der Waals surface area (Å²) in [5.41, 5.74) is 3.82. The molecule has 0 aliphatic heterocycles. The van der Waals surface area contributed by atoms with Crippen LogP contribution >= 0.6 is 0 Å². The lowest BCUT2D eigenvalue weighted by atomic mass is 10.1. The smallest absolute Gasteiger partial charge is 0.190 e. The van der Waals surface area contributed by atoms with Gasteiger partial charge in [0.15, 0.2) is 5.69 Å². The molecule has 1 N–H and O–H groups in total. The molecule has 0 bridgehead atoms. The molecule has 5 heteroatoms. The third-order valence-corrected chi connectivity index (χ3v) is 3.47. The van der Waals surface area contributed by atoms with E-state index in [-0.39, 0.29) is 0 Å². The van der Waals surface area contributed by atoms with Crippen molar-refractivity contribution in [2.24, 2.45) is 0 Å². The molecular weight excluding hydrogens is 300 g/mol. The Morgan fingerprint density at radius 2 is 1.88 bits per heavy atom. The molecule has 118 valence electrons. The van der Waals surface area contributed by atoms with Gasteiger partial charge in [-0.2, -0.15) is 15.6 Å². The van der Waals surface area contributed by atoms with Gasteiger partial charge in [0, 0.05) is 5.56 Å². The fourth-order valence-electron chi connectivity index (χ4n) is 2.33. The maximum absolute atomic E-state index is 9.05. The second kappa shape index (κ2) is 7.25. The van der Waals surface area contributed by atoms with Gasteiger partial charge in [-0.25, -0.2) is 0 Å². The molecule has 1 aromatic heterocycles. The summed E-state index contributed by atoms with van der Waals surface area (Å²) >= 11 is 0. The topological polar surface area (TPSA) is 74.6 Å². The van der Waals surface area contributed by atoms with E-state index in [1.807, 2.05) is 73.7 Å². The van der Waals surface area contributed by atoms with Crippen LogP contribution in [0.2, 0.25) is 0 Å². The van der Waals surface area contributed by atoms with Gasteiger partial charge in [0.2, 0.25) is 0 Å². The first-order valence-corrected chi connectivity index (χ1v) is 7.62. The predicted molar refractivity (Wildman–Crippen MR) is 93.1 cm³/mol. The minimum Gasteiger partial charge on any atom is -0.494 e. The van der Waals surface area contributed by atoms with E-state index in [9.17, 15) is 0 Å². The Labute approximate surface area is 140 Å². The number of H-pyrrole nitrogens is 1. The first-order chi connectivity index (χ1) is 11.8. The average molecular weight is 316 g/mol. The zero-order valence-corrected chi connectivity index (χ0v) is 13.2. The van der Waals surface area contributed by atoms with Gasteiger partial charge >= 0.3 is 0 Å². The van der Waals surface area contributed by atoms with Crippen LogP contribution in [0.4, 0.5) is 0 Å². The third-order valence-electron chi connectivity index (χ3n) is 3.47. The molecule has 3 rings (SSSR count). The number of nitriles is 1. The van der Waals surface area contributed by atoms with Crippen molar-refractivity contribution in [1.82, 2.24) is 15.4 Å². The lowest BCUT2D eigenvalue weighted by Crippen LogP contribution is -1.90. The van der Waals surface area contributed by atoms with Gasteiger partial charge in [-0.3, -0.25) is 0 Å². The SMILES string of the molecule is CCOc1ccc(C=Cc2cccc(-c3n[nH]nc3C#N)c2)cc1. The number of hydrogen-bond acceptors (Lipinski definition) is 4. The van der Waals surface area contributed by atoms with Crippen molar-refractivity contribution in [2.45, 2.75) is 6.92 Å². The zero-order valence-electron chi connectivity index (χ0n) is 13.2. The minimum absolute atomic E-state index is 0.294. The van der Waals surface area contributed by atoms with Gasteiger partial charge < -0.3 is 4.74 Å². The fourth-order valence-corrected chi connectivity index (χ4v) is 2.33. The van der Waals surface area contributed by atoms with Crippen LogP contribution in [0.3, 0.4) is 0 Å². The molecular formula is C19H16N4O. The number of hydrogen-bond donors (Lipinski definition) is 1. The number of nitrogens with zero attached hydrogens (tertiary/aromatic N) is 3. The molecule has 0 amide bonds. The van der Waals surface area contributed by atoms with E-state index < -0.39 is 0 Å². The number of benzene rings is 2. The molecule has 3 aromatic rings. The number of nitrogens with one attached hydrogen (secondary N) is 1. The minimum atomic E-state index is 0.294. The number of aromatic nitrogens is 3. The monoisotopic (exact) mass is 316 g/mol. The van der Waals surface area contributed by atoms with E-state index in [2.05, 4.69) is 15.4 Å². The van der Waals surface area contributed by atoms with Crippen molar-refractivity contribution in [2.75, 3.05) is 6.61 Å². The molecule has 1 heterocycles. The van der Waals surface area contributed by atoms with Crippen LogP contribution in [-0.4, -0.2) is 22.0 Å². The summed E-state index contributed by atoms with van der Waals surface area (Å²) < 4.78 is 5.44. The summed E-state index contributed by atoms with van der Waals surface area (Å²) in [4.78, 5) is 0.